The van der Waals surface area contributed by atoms with Gasteiger partial charge in [-0.15, -0.1) is 0 Å². The van der Waals surface area contributed by atoms with E-state index < -0.39 is 0 Å². The second-order valence-corrected chi connectivity index (χ2v) is 5.78. The Bertz CT molecular complexity index is 358. The fourth-order valence-corrected chi connectivity index (χ4v) is 3.19. The molecule has 0 aliphatic heterocycles. The van der Waals surface area contributed by atoms with E-state index in [4.69, 9.17) is 4.42 Å². The van der Waals surface area contributed by atoms with E-state index in [0.717, 1.165) is 23.5 Å². The fraction of sp³-hybridized carbons (Fsp3) is 0.733. The fourth-order valence-electron chi connectivity index (χ4n) is 3.19. The van der Waals surface area contributed by atoms with Gasteiger partial charge in [0.05, 0.1) is 6.26 Å². The minimum Gasteiger partial charge on any atom is -0.469 e. The number of rotatable bonds is 3. The third kappa shape index (κ3) is 2.74. The van der Waals surface area contributed by atoms with Crippen LogP contribution in [0.15, 0.2) is 16.7 Å². The zero-order valence-corrected chi connectivity index (χ0v) is 11.5. The van der Waals surface area contributed by atoms with Crippen molar-refractivity contribution in [3.05, 3.63) is 23.7 Å². The van der Waals surface area contributed by atoms with E-state index >= 15 is 0 Å². The maximum atomic E-state index is 5.45. The molecule has 1 aliphatic carbocycles. The van der Waals surface area contributed by atoms with Gasteiger partial charge in [0.25, 0.3) is 0 Å². The highest BCUT2D eigenvalue weighted by Crippen LogP contribution is 2.39. The topological polar surface area (TPSA) is 25.2 Å². The lowest BCUT2D eigenvalue weighted by molar-refractivity contribution is 0.174. The molecule has 1 heterocycles. The van der Waals surface area contributed by atoms with Gasteiger partial charge in [0.1, 0.15) is 5.76 Å². The van der Waals surface area contributed by atoms with Crippen LogP contribution in [0.1, 0.15) is 50.5 Å². The Hall–Kier alpha value is -0.760. The van der Waals surface area contributed by atoms with Crippen molar-refractivity contribution >= 4 is 0 Å². The second-order valence-electron chi connectivity index (χ2n) is 5.78. The number of aryl methyl sites for hydroxylation is 1. The smallest absolute Gasteiger partial charge is 0.101 e. The Morgan fingerprint density at radius 1 is 1.29 bits per heavy atom. The van der Waals surface area contributed by atoms with Crippen LogP contribution in [0.3, 0.4) is 0 Å². The first-order valence-electron chi connectivity index (χ1n) is 6.84. The first kappa shape index (κ1) is 12.7. The maximum Gasteiger partial charge on any atom is 0.101 e. The normalized spacial score (nSPS) is 31.4. The number of hydrogen-bond donors (Lipinski definition) is 1. The molecule has 2 heteroatoms. The molecule has 0 saturated heterocycles. The summed E-state index contributed by atoms with van der Waals surface area (Å²) in [5, 5.41) is 3.48. The average Bonchev–Trinajstić information content (AvgIpc) is 2.71. The highest BCUT2D eigenvalue weighted by Gasteiger charge is 2.30. The number of furan rings is 1. The highest BCUT2D eigenvalue weighted by molar-refractivity contribution is 5.17. The molecular weight excluding hydrogens is 210 g/mol. The average molecular weight is 235 g/mol. The van der Waals surface area contributed by atoms with Crippen LogP contribution in [0.25, 0.3) is 0 Å². The monoisotopic (exact) mass is 235 g/mol. The Morgan fingerprint density at radius 3 is 2.59 bits per heavy atom. The van der Waals surface area contributed by atoms with Crippen molar-refractivity contribution < 1.29 is 4.42 Å². The molecule has 1 N–H and O–H groups in total. The van der Waals surface area contributed by atoms with E-state index in [2.05, 4.69) is 32.3 Å². The first-order valence-corrected chi connectivity index (χ1v) is 6.84. The molecule has 0 radical (unpaired) electrons. The largest absolute Gasteiger partial charge is 0.469 e. The summed E-state index contributed by atoms with van der Waals surface area (Å²) in [6.45, 7) is 6.79. The van der Waals surface area contributed by atoms with E-state index in [1.54, 1.807) is 0 Å². The van der Waals surface area contributed by atoms with Crippen LogP contribution in [0.4, 0.5) is 0 Å². The van der Waals surface area contributed by atoms with Crippen LogP contribution in [-0.4, -0.2) is 7.05 Å². The SMILES string of the molecule is CNC(c1coc(C)c1)C1CCC(C)C(C)C1. The molecule has 17 heavy (non-hydrogen) atoms. The van der Waals surface area contributed by atoms with E-state index in [-0.39, 0.29) is 0 Å². The van der Waals surface area contributed by atoms with Crippen LogP contribution in [0.2, 0.25) is 0 Å². The zero-order valence-electron chi connectivity index (χ0n) is 11.5. The quantitative estimate of drug-likeness (QED) is 0.859. The molecule has 1 aliphatic rings. The van der Waals surface area contributed by atoms with Gasteiger partial charge >= 0.3 is 0 Å². The molecule has 0 spiro atoms. The third-order valence-electron chi connectivity index (χ3n) is 4.53. The summed E-state index contributed by atoms with van der Waals surface area (Å²) in [4.78, 5) is 0. The van der Waals surface area contributed by atoms with Crippen molar-refractivity contribution in [2.75, 3.05) is 7.05 Å². The Kier molecular flexibility index (Phi) is 3.93. The molecular formula is C15H25NO. The van der Waals surface area contributed by atoms with Crippen molar-refractivity contribution in [3.8, 4) is 0 Å². The van der Waals surface area contributed by atoms with Gasteiger partial charge in [0.2, 0.25) is 0 Å². The van der Waals surface area contributed by atoms with Crippen LogP contribution >= 0.6 is 0 Å². The highest BCUT2D eigenvalue weighted by atomic mass is 16.3. The van der Waals surface area contributed by atoms with Crippen molar-refractivity contribution in [1.82, 2.24) is 5.32 Å². The van der Waals surface area contributed by atoms with Gasteiger partial charge in [-0.05, 0) is 50.6 Å². The summed E-state index contributed by atoms with van der Waals surface area (Å²) < 4.78 is 5.45. The lowest BCUT2D eigenvalue weighted by Gasteiger charge is -2.36. The Balaban J connectivity index is 2.08. The summed E-state index contributed by atoms with van der Waals surface area (Å²) >= 11 is 0. The van der Waals surface area contributed by atoms with E-state index in [0.29, 0.717) is 6.04 Å². The van der Waals surface area contributed by atoms with Gasteiger partial charge in [0, 0.05) is 11.6 Å². The molecule has 96 valence electrons. The molecule has 0 amide bonds. The maximum absolute atomic E-state index is 5.45. The molecule has 1 fully saturated rings. The Labute approximate surface area is 105 Å². The van der Waals surface area contributed by atoms with Crippen molar-refractivity contribution in [2.45, 2.75) is 46.1 Å². The summed E-state index contributed by atoms with van der Waals surface area (Å²) in [7, 11) is 2.07. The summed E-state index contributed by atoms with van der Waals surface area (Å²) in [5.41, 5.74) is 1.32. The predicted octanol–water partition coefficient (Wildman–Crippen LogP) is 3.92. The van der Waals surface area contributed by atoms with Gasteiger partial charge in [-0.3, -0.25) is 0 Å². The molecule has 1 aromatic heterocycles. The first-order chi connectivity index (χ1) is 8.11. The molecule has 2 nitrogen and oxygen atoms in total. The van der Waals surface area contributed by atoms with Gasteiger partial charge in [-0.25, -0.2) is 0 Å². The third-order valence-corrected chi connectivity index (χ3v) is 4.53. The minimum atomic E-state index is 0.461. The van der Waals surface area contributed by atoms with Gasteiger partial charge in [0.15, 0.2) is 0 Å². The van der Waals surface area contributed by atoms with Gasteiger partial charge in [-0.2, -0.15) is 0 Å². The lowest BCUT2D eigenvalue weighted by atomic mass is 9.72. The Morgan fingerprint density at radius 2 is 2.06 bits per heavy atom. The number of hydrogen-bond acceptors (Lipinski definition) is 2. The van der Waals surface area contributed by atoms with Crippen molar-refractivity contribution in [2.24, 2.45) is 17.8 Å². The lowest BCUT2D eigenvalue weighted by Crippen LogP contribution is -2.31. The molecule has 0 bridgehead atoms. The summed E-state index contributed by atoms with van der Waals surface area (Å²) in [6.07, 6.45) is 5.94. The van der Waals surface area contributed by atoms with E-state index in [1.165, 1.54) is 24.8 Å². The molecule has 1 aromatic rings. The summed E-state index contributed by atoms with van der Waals surface area (Å²) in [6, 6.07) is 2.63. The molecule has 4 unspecified atom stereocenters. The molecule has 0 aromatic carbocycles. The van der Waals surface area contributed by atoms with Crippen LogP contribution in [-0.2, 0) is 0 Å². The van der Waals surface area contributed by atoms with Crippen LogP contribution < -0.4 is 5.32 Å². The molecule has 1 saturated carbocycles. The summed E-state index contributed by atoms with van der Waals surface area (Å²) in [5.74, 6) is 3.49. The molecule has 2 rings (SSSR count). The zero-order chi connectivity index (χ0) is 12.4. The van der Waals surface area contributed by atoms with Gasteiger partial charge < -0.3 is 9.73 Å². The van der Waals surface area contributed by atoms with Crippen LogP contribution in [0.5, 0.6) is 0 Å². The minimum absolute atomic E-state index is 0.461. The van der Waals surface area contributed by atoms with Crippen molar-refractivity contribution in [1.29, 1.82) is 0 Å². The molecule has 4 atom stereocenters. The van der Waals surface area contributed by atoms with E-state index in [9.17, 15) is 0 Å². The van der Waals surface area contributed by atoms with Crippen LogP contribution in [0, 0.1) is 24.7 Å². The standard InChI is InChI=1S/C15H25NO/c1-10-5-6-13(7-11(10)2)15(16-4)14-8-12(3)17-9-14/h8-11,13,15-16H,5-7H2,1-4H3. The van der Waals surface area contributed by atoms with E-state index in [1.807, 2.05) is 13.2 Å². The second kappa shape index (κ2) is 5.26. The predicted molar refractivity (Wildman–Crippen MR) is 70.9 cm³/mol. The number of nitrogens with one attached hydrogen (secondary N) is 1. The van der Waals surface area contributed by atoms with Gasteiger partial charge in [-0.1, -0.05) is 20.3 Å². The van der Waals surface area contributed by atoms with Crippen molar-refractivity contribution in [3.63, 3.8) is 0 Å².